The Balaban J connectivity index is 1.49. The predicted octanol–water partition coefficient (Wildman–Crippen LogP) is 1.89. The Kier molecular flexibility index (Phi) is 3.97. The summed E-state index contributed by atoms with van der Waals surface area (Å²) in [5.41, 5.74) is 0.00669. The third-order valence-corrected chi connectivity index (χ3v) is 9.55. The maximum absolute atomic E-state index is 13.0. The van der Waals surface area contributed by atoms with Crippen LogP contribution in [0.15, 0.2) is 0 Å². The largest absolute Gasteiger partial charge is 0.341 e. The lowest BCUT2D eigenvalue weighted by Crippen LogP contribution is -2.50. The van der Waals surface area contributed by atoms with Gasteiger partial charge in [0.05, 0.1) is 11.6 Å². The summed E-state index contributed by atoms with van der Waals surface area (Å²) in [5, 5.41) is 0. The molecular formula is C16H26N2O3S2. The van der Waals surface area contributed by atoms with E-state index in [-0.39, 0.29) is 17.1 Å². The van der Waals surface area contributed by atoms with Crippen LogP contribution < -0.4 is 0 Å². The first kappa shape index (κ1) is 16.2. The molecule has 1 heterocycles. The molecule has 7 heteroatoms. The number of sulfonamides is 1. The fraction of sp³-hybridized carbons (Fsp3) is 0.938. The average Bonchev–Trinajstić information content (AvgIpc) is 2.96. The third-order valence-electron chi connectivity index (χ3n) is 6.30. The molecule has 0 aromatic carbocycles. The summed E-state index contributed by atoms with van der Waals surface area (Å²) in [6, 6.07) is -0.146. The van der Waals surface area contributed by atoms with Gasteiger partial charge in [0, 0.05) is 18.8 Å². The van der Waals surface area contributed by atoms with E-state index in [1.807, 2.05) is 7.05 Å². The number of carbonyl (C=O) groups is 1. The minimum Gasteiger partial charge on any atom is -0.341 e. The lowest BCUT2D eigenvalue weighted by atomic mass is 9.87. The van der Waals surface area contributed by atoms with Crippen LogP contribution in [0.25, 0.3) is 0 Å². The summed E-state index contributed by atoms with van der Waals surface area (Å²) in [6.45, 7) is 0. The maximum atomic E-state index is 13.0. The van der Waals surface area contributed by atoms with Gasteiger partial charge in [0.15, 0.2) is 0 Å². The van der Waals surface area contributed by atoms with Gasteiger partial charge in [-0.3, -0.25) is 4.79 Å². The van der Waals surface area contributed by atoms with Crippen LogP contribution in [0.4, 0.5) is 0 Å². The van der Waals surface area contributed by atoms with Crippen LogP contribution in [-0.4, -0.2) is 60.0 Å². The van der Waals surface area contributed by atoms with Gasteiger partial charge in [-0.2, -0.15) is 4.31 Å². The van der Waals surface area contributed by atoms with Gasteiger partial charge in [-0.25, -0.2) is 8.42 Å². The number of fused-ring (bicyclic) bond motifs is 2. The average molecular weight is 359 g/mol. The van der Waals surface area contributed by atoms with Gasteiger partial charge in [-0.15, -0.1) is 11.8 Å². The molecular weight excluding hydrogens is 332 g/mol. The smallest absolute Gasteiger partial charge is 0.241 e. The van der Waals surface area contributed by atoms with Crippen molar-refractivity contribution in [3.63, 3.8) is 0 Å². The molecule has 0 spiro atoms. The Morgan fingerprint density at radius 3 is 2.52 bits per heavy atom. The SMILES string of the molecule is CN(C(=O)C1CSCN1S(=O)(=O)CC12CCC(CC1)C2)C1CC1. The topological polar surface area (TPSA) is 57.7 Å². The molecule has 1 aliphatic heterocycles. The van der Waals surface area contributed by atoms with Crippen LogP contribution in [0.3, 0.4) is 0 Å². The molecule has 23 heavy (non-hydrogen) atoms. The van der Waals surface area contributed by atoms with Crippen LogP contribution in [0.1, 0.15) is 44.9 Å². The second-order valence-corrected chi connectivity index (χ2v) is 10.9. The zero-order chi connectivity index (χ0) is 16.2. The van der Waals surface area contributed by atoms with Crippen molar-refractivity contribution in [2.45, 2.75) is 57.0 Å². The highest BCUT2D eigenvalue weighted by atomic mass is 32.2. The Morgan fingerprint density at radius 2 is 1.96 bits per heavy atom. The maximum Gasteiger partial charge on any atom is 0.241 e. The molecule has 5 nitrogen and oxygen atoms in total. The summed E-state index contributed by atoms with van der Waals surface area (Å²) in [6.07, 6.45) is 7.68. The highest BCUT2D eigenvalue weighted by Gasteiger charge is 2.50. The van der Waals surface area contributed by atoms with Crippen molar-refractivity contribution in [2.75, 3.05) is 24.4 Å². The van der Waals surface area contributed by atoms with Crippen LogP contribution in [0, 0.1) is 11.3 Å². The van der Waals surface area contributed by atoms with Crippen molar-refractivity contribution in [2.24, 2.45) is 11.3 Å². The van der Waals surface area contributed by atoms with Gasteiger partial charge in [0.1, 0.15) is 6.04 Å². The first-order valence-corrected chi connectivity index (χ1v) is 11.5. The van der Waals surface area contributed by atoms with E-state index in [1.54, 1.807) is 16.7 Å². The summed E-state index contributed by atoms with van der Waals surface area (Å²) in [4.78, 5) is 14.5. The normalized spacial score (nSPS) is 37.4. The molecule has 0 N–H and O–H groups in total. The van der Waals surface area contributed by atoms with Crippen LogP contribution in [-0.2, 0) is 14.8 Å². The Hall–Kier alpha value is -0.270. The Labute approximate surface area is 143 Å². The van der Waals surface area contributed by atoms with E-state index < -0.39 is 16.1 Å². The highest BCUT2D eigenvalue weighted by Crippen LogP contribution is 2.55. The van der Waals surface area contributed by atoms with E-state index in [2.05, 4.69) is 0 Å². The molecule has 0 aromatic heterocycles. The van der Waals surface area contributed by atoms with Gasteiger partial charge in [0.25, 0.3) is 0 Å². The van der Waals surface area contributed by atoms with Crippen LogP contribution in [0.5, 0.6) is 0 Å². The van der Waals surface area contributed by atoms with Crippen molar-refractivity contribution >= 4 is 27.7 Å². The minimum absolute atomic E-state index is 0.00528. The van der Waals surface area contributed by atoms with E-state index >= 15 is 0 Å². The molecule has 4 rings (SSSR count). The number of amides is 1. The standard InChI is InChI=1S/C16H26N2O3S2/c1-17(13-2-3-13)15(19)14-9-22-11-18(14)23(20,21)10-16-6-4-12(8-16)5-7-16/h12-14H,2-11H2,1H3. The van der Waals surface area contributed by atoms with E-state index in [9.17, 15) is 13.2 Å². The van der Waals surface area contributed by atoms with Gasteiger partial charge in [-0.05, 0) is 56.3 Å². The van der Waals surface area contributed by atoms with Gasteiger partial charge >= 0.3 is 0 Å². The second-order valence-electron chi connectivity index (χ2n) is 7.99. The summed E-state index contributed by atoms with van der Waals surface area (Å²) >= 11 is 1.57. The van der Waals surface area contributed by atoms with Crippen molar-refractivity contribution < 1.29 is 13.2 Å². The lowest BCUT2D eigenvalue weighted by Gasteiger charge is -2.31. The monoisotopic (exact) mass is 358 g/mol. The molecule has 4 aliphatic rings. The number of thioether (sulfide) groups is 1. The zero-order valence-corrected chi connectivity index (χ0v) is 15.4. The fourth-order valence-electron chi connectivity index (χ4n) is 4.76. The number of carbonyl (C=O) groups excluding carboxylic acids is 1. The number of hydrogen-bond acceptors (Lipinski definition) is 4. The minimum atomic E-state index is -3.36. The molecule has 1 unspecified atom stereocenters. The molecule has 3 aliphatic carbocycles. The zero-order valence-electron chi connectivity index (χ0n) is 13.7. The number of likely N-dealkylation sites (N-methyl/N-ethyl adjacent to an activating group) is 1. The van der Waals surface area contributed by atoms with Crippen molar-refractivity contribution in [3.8, 4) is 0 Å². The van der Waals surface area contributed by atoms with Crippen LogP contribution in [0.2, 0.25) is 0 Å². The summed E-state index contributed by atoms with van der Waals surface area (Å²) < 4.78 is 27.6. The second kappa shape index (κ2) is 5.63. The molecule has 2 bridgehead atoms. The van der Waals surface area contributed by atoms with E-state index in [0.29, 0.717) is 17.7 Å². The van der Waals surface area contributed by atoms with E-state index in [4.69, 9.17) is 0 Å². The molecule has 1 saturated heterocycles. The Morgan fingerprint density at radius 1 is 1.26 bits per heavy atom. The van der Waals surface area contributed by atoms with Gasteiger partial charge in [-0.1, -0.05) is 0 Å². The van der Waals surface area contributed by atoms with Crippen molar-refractivity contribution in [1.29, 1.82) is 0 Å². The molecule has 0 aromatic rings. The molecule has 4 fully saturated rings. The Bertz CT molecular complexity index is 594. The fourth-order valence-corrected chi connectivity index (χ4v) is 8.63. The molecule has 0 radical (unpaired) electrons. The molecule has 1 amide bonds. The quantitative estimate of drug-likeness (QED) is 0.753. The number of nitrogens with zero attached hydrogens (tertiary/aromatic N) is 2. The third kappa shape index (κ3) is 2.93. The van der Waals surface area contributed by atoms with Gasteiger partial charge in [0.2, 0.25) is 15.9 Å². The van der Waals surface area contributed by atoms with Crippen molar-refractivity contribution in [1.82, 2.24) is 9.21 Å². The first-order valence-electron chi connectivity index (χ1n) is 8.74. The molecule has 130 valence electrons. The van der Waals surface area contributed by atoms with Gasteiger partial charge < -0.3 is 4.90 Å². The number of rotatable bonds is 5. The summed E-state index contributed by atoms with van der Waals surface area (Å²) in [7, 11) is -1.53. The molecule has 3 saturated carbocycles. The van der Waals surface area contributed by atoms with Crippen LogP contribution >= 0.6 is 11.8 Å². The first-order chi connectivity index (χ1) is 10.9. The lowest BCUT2D eigenvalue weighted by molar-refractivity contribution is -0.133. The molecule has 1 atom stereocenters. The van der Waals surface area contributed by atoms with E-state index in [0.717, 1.165) is 38.0 Å². The van der Waals surface area contributed by atoms with E-state index in [1.165, 1.54) is 17.1 Å². The van der Waals surface area contributed by atoms with Crippen molar-refractivity contribution in [3.05, 3.63) is 0 Å². The number of hydrogen-bond donors (Lipinski definition) is 0. The highest BCUT2D eigenvalue weighted by molar-refractivity contribution is 8.00. The predicted molar refractivity (Wildman–Crippen MR) is 91.5 cm³/mol. The summed E-state index contributed by atoms with van der Waals surface area (Å²) in [5.74, 6) is 2.04.